The second kappa shape index (κ2) is 14.4. The standard InChI is InChI=1S/C56H37NS/c1-3-13-38(14-4-1)39-25-29-44(30-26-39)57(45-31-27-42(28-32-45)48-22-11-18-40-17-7-8-20-47(40)48)46-33-34-50(52(36-46)41-15-5-2-6-16-41)49-23-12-19-43-35-54-51-21-9-10-24-55(51)58-56(54)37-53(43)49/h1-37H. The van der Waals surface area contributed by atoms with Crippen LogP contribution >= 0.6 is 11.3 Å². The Balaban J connectivity index is 1.08. The molecule has 1 heterocycles. The van der Waals surface area contributed by atoms with Crippen LogP contribution < -0.4 is 4.90 Å². The van der Waals surface area contributed by atoms with Crippen molar-refractivity contribution in [2.45, 2.75) is 0 Å². The molecule has 0 atom stereocenters. The van der Waals surface area contributed by atoms with Crippen LogP contribution in [0, 0.1) is 0 Å². The van der Waals surface area contributed by atoms with Crippen LogP contribution in [0.2, 0.25) is 0 Å². The second-order valence-corrected chi connectivity index (χ2v) is 16.0. The third-order valence-corrected chi connectivity index (χ3v) is 12.6. The molecule has 1 aromatic heterocycles. The lowest BCUT2D eigenvalue weighted by Gasteiger charge is -2.27. The van der Waals surface area contributed by atoms with Gasteiger partial charge in [-0.05, 0) is 121 Å². The molecule has 11 aromatic rings. The van der Waals surface area contributed by atoms with E-state index in [4.69, 9.17) is 0 Å². The van der Waals surface area contributed by atoms with Crippen LogP contribution in [0.25, 0.3) is 86.2 Å². The number of thiophene rings is 1. The Morgan fingerprint density at radius 2 is 0.810 bits per heavy atom. The van der Waals surface area contributed by atoms with Crippen molar-refractivity contribution in [2.75, 3.05) is 4.90 Å². The number of anilines is 3. The average Bonchev–Trinajstić information content (AvgIpc) is 3.66. The Kier molecular flexibility index (Phi) is 8.42. The maximum absolute atomic E-state index is 2.41. The summed E-state index contributed by atoms with van der Waals surface area (Å²) in [5.41, 5.74) is 13.0. The van der Waals surface area contributed by atoms with E-state index in [0.29, 0.717) is 0 Å². The van der Waals surface area contributed by atoms with Crippen LogP contribution in [-0.2, 0) is 0 Å². The summed E-state index contributed by atoms with van der Waals surface area (Å²) in [4.78, 5) is 2.39. The van der Waals surface area contributed by atoms with Gasteiger partial charge in [-0.25, -0.2) is 0 Å². The van der Waals surface area contributed by atoms with Crippen molar-refractivity contribution in [3.05, 3.63) is 224 Å². The number of benzene rings is 10. The third-order valence-electron chi connectivity index (χ3n) is 11.5. The fourth-order valence-electron chi connectivity index (χ4n) is 8.64. The summed E-state index contributed by atoms with van der Waals surface area (Å²) in [6.45, 7) is 0. The monoisotopic (exact) mass is 755 g/mol. The summed E-state index contributed by atoms with van der Waals surface area (Å²) in [7, 11) is 0. The molecule has 0 saturated carbocycles. The van der Waals surface area contributed by atoms with Gasteiger partial charge < -0.3 is 4.90 Å². The van der Waals surface area contributed by atoms with Gasteiger partial charge in [0, 0.05) is 37.2 Å². The molecule has 0 saturated heterocycles. The van der Waals surface area contributed by atoms with Crippen molar-refractivity contribution >= 4 is 70.1 Å². The molecule has 1 nitrogen and oxygen atoms in total. The first kappa shape index (κ1) is 34.0. The zero-order chi connectivity index (χ0) is 38.4. The third kappa shape index (κ3) is 6.03. The van der Waals surface area contributed by atoms with Crippen molar-refractivity contribution < 1.29 is 0 Å². The Labute approximate surface area is 342 Å². The number of hydrogen-bond donors (Lipinski definition) is 0. The smallest absolute Gasteiger partial charge is 0.0468 e. The molecule has 0 unspecified atom stereocenters. The van der Waals surface area contributed by atoms with Gasteiger partial charge >= 0.3 is 0 Å². The van der Waals surface area contributed by atoms with Gasteiger partial charge in [0.05, 0.1) is 0 Å². The van der Waals surface area contributed by atoms with Crippen LogP contribution in [-0.4, -0.2) is 0 Å². The first-order valence-corrected chi connectivity index (χ1v) is 20.6. The van der Waals surface area contributed by atoms with E-state index in [2.05, 4.69) is 229 Å². The van der Waals surface area contributed by atoms with E-state index in [-0.39, 0.29) is 0 Å². The zero-order valence-corrected chi connectivity index (χ0v) is 32.5. The van der Waals surface area contributed by atoms with E-state index in [1.54, 1.807) is 0 Å². The number of fused-ring (bicyclic) bond motifs is 5. The summed E-state index contributed by atoms with van der Waals surface area (Å²) >= 11 is 1.88. The van der Waals surface area contributed by atoms with Gasteiger partial charge in [-0.15, -0.1) is 11.3 Å². The summed E-state index contributed by atoms with van der Waals surface area (Å²) in [5.74, 6) is 0. The van der Waals surface area contributed by atoms with Crippen LogP contribution in [0.5, 0.6) is 0 Å². The summed E-state index contributed by atoms with van der Waals surface area (Å²) in [6, 6.07) is 82.0. The highest BCUT2D eigenvalue weighted by molar-refractivity contribution is 7.25. The first-order chi connectivity index (χ1) is 28.7. The van der Waals surface area contributed by atoms with Gasteiger partial charge in [0.2, 0.25) is 0 Å². The highest BCUT2D eigenvalue weighted by Gasteiger charge is 2.19. The Morgan fingerprint density at radius 3 is 1.57 bits per heavy atom. The Morgan fingerprint density at radius 1 is 0.259 bits per heavy atom. The number of hydrogen-bond acceptors (Lipinski definition) is 2. The SMILES string of the molecule is c1ccc(-c2ccc(N(c3ccc(-c4cccc5ccccc45)cc3)c3ccc(-c4cccc5cc6c(cc45)sc4ccccc46)c(-c4ccccc4)c3)cc2)cc1. The normalized spacial score (nSPS) is 11.4. The van der Waals surface area contributed by atoms with Gasteiger partial charge in [-0.2, -0.15) is 0 Å². The maximum atomic E-state index is 2.41. The minimum atomic E-state index is 1.10. The van der Waals surface area contributed by atoms with Crippen molar-refractivity contribution in [3.63, 3.8) is 0 Å². The van der Waals surface area contributed by atoms with Gasteiger partial charge in [0.25, 0.3) is 0 Å². The van der Waals surface area contributed by atoms with Gasteiger partial charge in [-0.1, -0.05) is 170 Å². The van der Waals surface area contributed by atoms with Crippen molar-refractivity contribution in [1.82, 2.24) is 0 Å². The lowest BCUT2D eigenvalue weighted by atomic mass is 9.90. The number of nitrogens with zero attached hydrogens (tertiary/aromatic N) is 1. The molecule has 0 spiro atoms. The van der Waals surface area contributed by atoms with Crippen LogP contribution in [0.15, 0.2) is 224 Å². The molecular weight excluding hydrogens is 719 g/mol. The predicted molar refractivity (Wildman–Crippen MR) is 251 cm³/mol. The molecule has 0 fully saturated rings. The number of rotatable bonds is 7. The molecule has 11 rings (SSSR count). The van der Waals surface area contributed by atoms with E-state index >= 15 is 0 Å². The highest BCUT2D eigenvalue weighted by atomic mass is 32.1. The summed E-state index contributed by atoms with van der Waals surface area (Å²) in [6.07, 6.45) is 0. The molecular formula is C56H37NS. The second-order valence-electron chi connectivity index (χ2n) is 14.9. The maximum Gasteiger partial charge on any atom is 0.0468 e. The van der Waals surface area contributed by atoms with Crippen LogP contribution in [0.3, 0.4) is 0 Å². The lowest BCUT2D eigenvalue weighted by Crippen LogP contribution is -2.10. The molecule has 10 aromatic carbocycles. The molecule has 0 aliphatic carbocycles. The minimum absolute atomic E-state index is 1.10. The Bertz CT molecular complexity index is 3250. The average molecular weight is 756 g/mol. The van der Waals surface area contributed by atoms with E-state index in [9.17, 15) is 0 Å². The molecule has 0 N–H and O–H groups in total. The molecule has 0 amide bonds. The molecule has 272 valence electrons. The largest absolute Gasteiger partial charge is 0.310 e. The van der Waals surface area contributed by atoms with E-state index in [0.717, 1.165) is 17.1 Å². The highest BCUT2D eigenvalue weighted by Crippen LogP contribution is 2.45. The lowest BCUT2D eigenvalue weighted by molar-refractivity contribution is 1.28. The van der Waals surface area contributed by atoms with Crippen LogP contribution in [0.4, 0.5) is 17.1 Å². The fraction of sp³-hybridized carbons (Fsp3) is 0. The fourth-order valence-corrected chi connectivity index (χ4v) is 9.77. The predicted octanol–water partition coefficient (Wildman–Crippen LogP) is 16.5. The summed E-state index contributed by atoms with van der Waals surface area (Å²) in [5, 5.41) is 7.68. The van der Waals surface area contributed by atoms with Gasteiger partial charge in [0.1, 0.15) is 0 Å². The molecule has 0 aliphatic rings. The van der Waals surface area contributed by atoms with E-state index in [1.807, 2.05) is 11.3 Å². The van der Waals surface area contributed by atoms with Gasteiger partial charge in [-0.3, -0.25) is 0 Å². The van der Waals surface area contributed by atoms with Gasteiger partial charge in [0.15, 0.2) is 0 Å². The summed E-state index contributed by atoms with van der Waals surface area (Å²) < 4.78 is 2.64. The topological polar surface area (TPSA) is 3.24 Å². The van der Waals surface area contributed by atoms with Crippen molar-refractivity contribution in [2.24, 2.45) is 0 Å². The first-order valence-electron chi connectivity index (χ1n) is 19.8. The molecule has 2 heteroatoms. The van der Waals surface area contributed by atoms with E-state index in [1.165, 1.54) is 86.2 Å². The van der Waals surface area contributed by atoms with Crippen molar-refractivity contribution in [3.8, 4) is 44.5 Å². The van der Waals surface area contributed by atoms with E-state index < -0.39 is 0 Å². The van der Waals surface area contributed by atoms with Crippen molar-refractivity contribution in [1.29, 1.82) is 0 Å². The molecule has 58 heavy (non-hydrogen) atoms. The quantitative estimate of drug-likeness (QED) is 0.157. The molecule has 0 aliphatic heterocycles. The van der Waals surface area contributed by atoms with Crippen LogP contribution in [0.1, 0.15) is 0 Å². The molecule has 0 radical (unpaired) electrons. The Hall–Kier alpha value is -7.26. The molecule has 0 bridgehead atoms. The minimum Gasteiger partial charge on any atom is -0.310 e. The zero-order valence-electron chi connectivity index (χ0n) is 31.7.